The fraction of sp³-hybridized carbons (Fsp3) is 0.312. The van der Waals surface area contributed by atoms with Crippen molar-refractivity contribution in [3.63, 3.8) is 0 Å². The number of carbonyl (C=O) groups excluding carboxylic acids is 2. The molecule has 1 aromatic carbocycles. The van der Waals surface area contributed by atoms with E-state index in [2.05, 4.69) is 15.9 Å². The molecule has 0 amide bonds. The van der Waals surface area contributed by atoms with E-state index in [1.165, 1.54) is 10.8 Å². The summed E-state index contributed by atoms with van der Waals surface area (Å²) >= 11 is 3.35. The van der Waals surface area contributed by atoms with Crippen molar-refractivity contribution < 1.29 is 14.3 Å². The van der Waals surface area contributed by atoms with Crippen LogP contribution in [-0.4, -0.2) is 22.0 Å². The van der Waals surface area contributed by atoms with Gasteiger partial charge in [0.15, 0.2) is 5.78 Å². The lowest BCUT2D eigenvalue weighted by molar-refractivity contribution is 0.0544. The summed E-state index contributed by atoms with van der Waals surface area (Å²) in [6.45, 7) is 5.32. The first-order valence-corrected chi connectivity index (χ1v) is 7.46. The third-order valence-electron chi connectivity index (χ3n) is 2.90. The number of hydrogen-bond donors (Lipinski definition) is 0. The number of nitrogens with zero attached hydrogens (tertiary/aromatic N) is 2. The highest BCUT2D eigenvalue weighted by Crippen LogP contribution is 2.27. The Morgan fingerprint density at radius 3 is 2.64 bits per heavy atom. The van der Waals surface area contributed by atoms with Gasteiger partial charge >= 0.3 is 6.09 Å². The molecular formula is C16H15BrN2O3. The van der Waals surface area contributed by atoms with Crippen molar-refractivity contribution >= 4 is 38.7 Å². The first kappa shape index (κ1) is 16.2. The van der Waals surface area contributed by atoms with E-state index in [1.54, 1.807) is 39.0 Å². The second kappa shape index (κ2) is 5.93. The Labute approximate surface area is 136 Å². The molecule has 1 heterocycles. The number of aromatic nitrogens is 1. The number of ether oxygens (including phenoxy) is 1. The molecule has 0 aliphatic rings. The maximum atomic E-state index is 12.3. The van der Waals surface area contributed by atoms with Gasteiger partial charge in [-0.15, -0.1) is 0 Å². The highest BCUT2D eigenvalue weighted by Gasteiger charge is 2.22. The Hall–Kier alpha value is -2.13. The van der Waals surface area contributed by atoms with Crippen LogP contribution < -0.4 is 0 Å². The second-order valence-corrected chi connectivity index (χ2v) is 6.73. The molecule has 0 fully saturated rings. The van der Waals surface area contributed by atoms with E-state index in [4.69, 9.17) is 10.00 Å². The van der Waals surface area contributed by atoms with Crippen LogP contribution in [0.4, 0.5) is 4.79 Å². The number of fused-ring (bicyclic) bond motifs is 1. The second-order valence-electron chi connectivity index (χ2n) is 5.81. The van der Waals surface area contributed by atoms with E-state index in [1.807, 2.05) is 6.07 Å². The van der Waals surface area contributed by atoms with Gasteiger partial charge in [-0.1, -0.05) is 22.0 Å². The molecule has 0 unspecified atom stereocenters. The zero-order valence-corrected chi connectivity index (χ0v) is 14.1. The molecule has 0 radical (unpaired) electrons. The van der Waals surface area contributed by atoms with Crippen LogP contribution in [0, 0.1) is 11.3 Å². The van der Waals surface area contributed by atoms with Crippen molar-refractivity contribution in [2.45, 2.75) is 32.8 Å². The van der Waals surface area contributed by atoms with Gasteiger partial charge in [-0.3, -0.25) is 9.36 Å². The normalized spacial score (nSPS) is 11.2. The third-order valence-corrected chi connectivity index (χ3v) is 3.39. The summed E-state index contributed by atoms with van der Waals surface area (Å²) in [6, 6.07) is 7.10. The smallest absolute Gasteiger partial charge is 0.419 e. The van der Waals surface area contributed by atoms with Gasteiger partial charge in [0, 0.05) is 21.6 Å². The first-order chi connectivity index (χ1) is 10.2. The molecule has 0 aliphatic heterocycles. The van der Waals surface area contributed by atoms with Crippen LogP contribution in [0.1, 0.15) is 37.6 Å². The zero-order chi connectivity index (χ0) is 16.5. The van der Waals surface area contributed by atoms with E-state index in [0.29, 0.717) is 16.5 Å². The number of rotatable bonds is 2. The molecule has 0 saturated carbocycles. The molecule has 6 heteroatoms. The number of benzene rings is 1. The average Bonchev–Trinajstić information content (AvgIpc) is 2.75. The molecule has 0 bridgehead atoms. The van der Waals surface area contributed by atoms with Gasteiger partial charge < -0.3 is 4.74 Å². The van der Waals surface area contributed by atoms with Crippen LogP contribution >= 0.6 is 15.9 Å². The molecular weight excluding hydrogens is 348 g/mol. The molecule has 22 heavy (non-hydrogen) atoms. The maximum absolute atomic E-state index is 12.3. The largest absolute Gasteiger partial charge is 0.443 e. The summed E-state index contributed by atoms with van der Waals surface area (Å²) in [4.78, 5) is 24.4. The van der Waals surface area contributed by atoms with Crippen molar-refractivity contribution in [1.29, 1.82) is 5.26 Å². The van der Waals surface area contributed by atoms with Gasteiger partial charge in [-0.25, -0.2) is 4.79 Å². The Morgan fingerprint density at radius 2 is 2.05 bits per heavy atom. The van der Waals surface area contributed by atoms with Crippen molar-refractivity contribution in [3.8, 4) is 6.07 Å². The van der Waals surface area contributed by atoms with Crippen LogP contribution in [0.15, 0.2) is 28.9 Å². The molecule has 1 aromatic heterocycles. The fourth-order valence-electron chi connectivity index (χ4n) is 2.05. The molecule has 0 N–H and O–H groups in total. The Balaban J connectivity index is 2.59. The number of carbonyl (C=O) groups is 2. The number of ketones is 1. The number of halogens is 1. The molecule has 0 saturated heterocycles. The summed E-state index contributed by atoms with van der Waals surface area (Å²) in [5.41, 5.74) is 0.260. The Kier molecular flexibility index (Phi) is 4.38. The minimum atomic E-state index is -0.642. The van der Waals surface area contributed by atoms with Crippen molar-refractivity contribution in [1.82, 2.24) is 4.57 Å². The lowest BCUT2D eigenvalue weighted by atomic mass is 10.1. The van der Waals surface area contributed by atoms with E-state index >= 15 is 0 Å². The highest BCUT2D eigenvalue weighted by molar-refractivity contribution is 9.10. The molecule has 0 atom stereocenters. The summed E-state index contributed by atoms with van der Waals surface area (Å²) in [5.74, 6) is -0.322. The number of nitriles is 1. The van der Waals surface area contributed by atoms with Crippen LogP contribution in [0.5, 0.6) is 0 Å². The van der Waals surface area contributed by atoms with E-state index in [-0.39, 0.29) is 12.2 Å². The fourth-order valence-corrected chi connectivity index (χ4v) is 2.40. The summed E-state index contributed by atoms with van der Waals surface area (Å²) < 4.78 is 7.44. The van der Waals surface area contributed by atoms with Crippen LogP contribution in [0.3, 0.4) is 0 Å². The standard InChI is InChI=1S/C16H15BrN2O3/c1-16(2,3)22-15(21)19-9-12(14(20)6-7-18)11-5-4-10(17)8-13(11)19/h4-5,8-9H,6H2,1-3H3. The molecule has 2 rings (SSSR count). The monoisotopic (exact) mass is 362 g/mol. The molecule has 5 nitrogen and oxygen atoms in total. The van der Waals surface area contributed by atoms with Gasteiger partial charge in [-0.05, 0) is 32.9 Å². The van der Waals surface area contributed by atoms with Gasteiger partial charge in [0.05, 0.1) is 18.0 Å². The predicted octanol–water partition coefficient (Wildman–Crippen LogP) is 4.28. The van der Waals surface area contributed by atoms with Crippen LogP contribution in [-0.2, 0) is 4.74 Å². The van der Waals surface area contributed by atoms with Gasteiger partial charge in [0.1, 0.15) is 5.60 Å². The van der Waals surface area contributed by atoms with Gasteiger partial charge in [-0.2, -0.15) is 5.26 Å². The number of Topliss-reactive ketones (excluding diaryl/α,β-unsaturated/α-hetero) is 1. The van der Waals surface area contributed by atoms with E-state index in [0.717, 1.165) is 4.47 Å². The first-order valence-electron chi connectivity index (χ1n) is 6.67. The van der Waals surface area contributed by atoms with E-state index in [9.17, 15) is 9.59 Å². The molecule has 2 aromatic rings. The lowest BCUT2D eigenvalue weighted by Gasteiger charge is -2.19. The minimum Gasteiger partial charge on any atom is -0.443 e. The zero-order valence-electron chi connectivity index (χ0n) is 12.5. The molecule has 0 aliphatic carbocycles. The molecule has 0 spiro atoms. The Bertz CT molecular complexity index is 794. The quantitative estimate of drug-likeness (QED) is 0.747. The summed E-state index contributed by atoms with van der Waals surface area (Å²) in [6.07, 6.45) is 0.639. The van der Waals surface area contributed by atoms with Crippen molar-refractivity contribution in [3.05, 3.63) is 34.4 Å². The summed E-state index contributed by atoms with van der Waals surface area (Å²) in [7, 11) is 0. The number of hydrogen-bond acceptors (Lipinski definition) is 4. The van der Waals surface area contributed by atoms with Gasteiger partial charge in [0.2, 0.25) is 0 Å². The maximum Gasteiger partial charge on any atom is 0.419 e. The summed E-state index contributed by atoms with van der Waals surface area (Å²) in [5, 5.41) is 9.33. The topological polar surface area (TPSA) is 72.1 Å². The molecule has 114 valence electrons. The SMILES string of the molecule is CC(C)(C)OC(=O)n1cc(C(=O)CC#N)c2ccc(Br)cc21. The average molecular weight is 363 g/mol. The van der Waals surface area contributed by atoms with Crippen LogP contribution in [0.25, 0.3) is 10.9 Å². The lowest BCUT2D eigenvalue weighted by Crippen LogP contribution is -2.26. The minimum absolute atomic E-state index is 0.233. The highest BCUT2D eigenvalue weighted by atomic mass is 79.9. The van der Waals surface area contributed by atoms with Crippen LogP contribution in [0.2, 0.25) is 0 Å². The third kappa shape index (κ3) is 3.37. The van der Waals surface area contributed by atoms with Gasteiger partial charge in [0.25, 0.3) is 0 Å². The Morgan fingerprint density at radius 1 is 1.36 bits per heavy atom. The van der Waals surface area contributed by atoms with Crippen molar-refractivity contribution in [2.24, 2.45) is 0 Å². The van der Waals surface area contributed by atoms with E-state index < -0.39 is 11.7 Å². The predicted molar refractivity (Wildman–Crippen MR) is 85.8 cm³/mol. The van der Waals surface area contributed by atoms with Crippen molar-refractivity contribution in [2.75, 3.05) is 0 Å².